The lowest BCUT2D eigenvalue weighted by Gasteiger charge is -2.18. The third-order valence-corrected chi connectivity index (χ3v) is 4.24. The van der Waals surface area contributed by atoms with Crippen molar-refractivity contribution in [3.63, 3.8) is 0 Å². The molecule has 1 aromatic heterocycles. The number of alkyl halides is 1. The molecule has 0 saturated carbocycles. The van der Waals surface area contributed by atoms with Crippen molar-refractivity contribution in [2.45, 2.75) is 12.4 Å². The lowest BCUT2D eigenvalue weighted by atomic mass is 10.2. The Morgan fingerprint density at radius 3 is 3.05 bits per heavy atom. The van der Waals surface area contributed by atoms with Gasteiger partial charge in [-0.3, -0.25) is 4.79 Å². The van der Waals surface area contributed by atoms with Crippen LogP contribution in [0.25, 0.3) is 0 Å². The Morgan fingerprint density at radius 2 is 2.25 bits per heavy atom. The number of fused-ring (bicyclic) bond motifs is 1. The summed E-state index contributed by atoms with van der Waals surface area (Å²) in [6.07, 6.45) is 0. The average molecular weight is 309 g/mol. The summed E-state index contributed by atoms with van der Waals surface area (Å²) in [4.78, 5) is 18.7. The normalized spacial score (nSPS) is 14.7. The van der Waals surface area contributed by atoms with Gasteiger partial charge >= 0.3 is 0 Å². The molecule has 0 saturated heterocycles. The minimum absolute atomic E-state index is 0.0132. The quantitative estimate of drug-likeness (QED) is 0.819. The summed E-state index contributed by atoms with van der Waals surface area (Å²) >= 11 is 7.28. The number of hydrogen-bond acceptors (Lipinski definition) is 4. The summed E-state index contributed by atoms with van der Waals surface area (Å²) in [5.74, 6) is 1.04. The van der Waals surface area contributed by atoms with Crippen LogP contribution in [0.1, 0.15) is 21.1 Å². The number of nitrogens with zero attached hydrogens (tertiary/aromatic N) is 2. The molecule has 0 bridgehead atoms. The molecule has 0 unspecified atom stereocenters. The topological polar surface area (TPSA) is 42.4 Å². The molecule has 0 spiro atoms. The molecule has 1 aromatic carbocycles. The zero-order valence-electron chi connectivity index (χ0n) is 10.7. The zero-order chi connectivity index (χ0) is 13.9. The number of hydrogen-bond donors (Lipinski definition) is 0. The summed E-state index contributed by atoms with van der Waals surface area (Å²) in [5, 5.41) is 2.82. The van der Waals surface area contributed by atoms with Crippen LogP contribution in [0.15, 0.2) is 29.6 Å². The molecular weight excluding hydrogens is 296 g/mol. The maximum Gasteiger partial charge on any atom is 0.258 e. The molecule has 2 heterocycles. The highest BCUT2D eigenvalue weighted by atomic mass is 35.5. The van der Waals surface area contributed by atoms with E-state index in [0.29, 0.717) is 36.9 Å². The Labute approximate surface area is 126 Å². The standard InChI is InChI=1S/C14H13ClN2O2S/c15-7-10-9-20-13(16-10)8-17-5-6-19-12-4-2-1-3-11(12)14(17)18/h1-4,9H,5-8H2. The van der Waals surface area contributed by atoms with E-state index >= 15 is 0 Å². The highest BCUT2D eigenvalue weighted by Crippen LogP contribution is 2.24. The predicted molar refractivity (Wildman–Crippen MR) is 78.3 cm³/mol. The van der Waals surface area contributed by atoms with E-state index in [2.05, 4.69) is 4.98 Å². The van der Waals surface area contributed by atoms with Crippen LogP contribution in [-0.2, 0) is 12.4 Å². The predicted octanol–water partition coefficient (Wildman–Crippen LogP) is 2.92. The number of thiazole rings is 1. The smallest absolute Gasteiger partial charge is 0.258 e. The Bertz CT molecular complexity index is 629. The summed E-state index contributed by atoms with van der Waals surface area (Å²) in [7, 11) is 0. The lowest BCUT2D eigenvalue weighted by Crippen LogP contribution is -2.31. The van der Waals surface area contributed by atoms with E-state index in [1.807, 2.05) is 23.6 Å². The molecule has 104 valence electrons. The molecule has 4 nitrogen and oxygen atoms in total. The van der Waals surface area contributed by atoms with Gasteiger partial charge in [-0.25, -0.2) is 4.98 Å². The molecule has 1 amide bonds. The second-order valence-electron chi connectivity index (χ2n) is 4.44. The molecule has 3 rings (SSSR count). The first-order valence-corrected chi connectivity index (χ1v) is 7.69. The average Bonchev–Trinajstić information content (AvgIpc) is 2.87. The number of benzene rings is 1. The molecule has 0 atom stereocenters. The van der Waals surface area contributed by atoms with Crippen LogP contribution in [0.2, 0.25) is 0 Å². The molecule has 1 aliphatic rings. The maximum absolute atomic E-state index is 12.5. The van der Waals surface area contributed by atoms with E-state index in [9.17, 15) is 4.79 Å². The van der Waals surface area contributed by atoms with Crippen molar-refractivity contribution in [1.82, 2.24) is 9.88 Å². The van der Waals surface area contributed by atoms with Crippen molar-refractivity contribution in [2.75, 3.05) is 13.2 Å². The van der Waals surface area contributed by atoms with E-state index in [0.717, 1.165) is 10.7 Å². The summed E-state index contributed by atoms with van der Waals surface area (Å²) in [6.45, 7) is 1.55. The van der Waals surface area contributed by atoms with Gasteiger partial charge in [0.15, 0.2) is 0 Å². The second kappa shape index (κ2) is 5.81. The summed E-state index contributed by atoms with van der Waals surface area (Å²) in [5.41, 5.74) is 1.46. The Kier molecular flexibility index (Phi) is 3.89. The van der Waals surface area contributed by atoms with Gasteiger partial charge in [-0.2, -0.15) is 0 Å². The first kappa shape index (κ1) is 13.4. The van der Waals surface area contributed by atoms with Crippen LogP contribution in [0.3, 0.4) is 0 Å². The van der Waals surface area contributed by atoms with Crippen molar-refractivity contribution >= 4 is 28.8 Å². The summed E-state index contributed by atoms with van der Waals surface area (Å²) in [6, 6.07) is 7.34. The zero-order valence-corrected chi connectivity index (χ0v) is 12.3. The maximum atomic E-state index is 12.5. The minimum atomic E-state index is -0.0132. The van der Waals surface area contributed by atoms with Crippen LogP contribution >= 0.6 is 22.9 Å². The Balaban J connectivity index is 1.82. The van der Waals surface area contributed by atoms with Crippen LogP contribution in [0, 0.1) is 0 Å². The number of rotatable bonds is 3. The van der Waals surface area contributed by atoms with Gasteiger partial charge in [0.1, 0.15) is 17.4 Å². The third kappa shape index (κ3) is 2.64. The van der Waals surface area contributed by atoms with Gasteiger partial charge in [0.25, 0.3) is 5.91 Å². The van der Waals surface area contributed by atoms with Crippen LogP contribution in [0.5, 0.6) is 5.75 Å². The summed E-state index contributed by atoms with van der Waals surface area (Å²) < 4.78 is 5.61. The lowest BCUT2D eigenvalue weighted by molar-refractivity contribution is 0.0743. The largest absolute Gasteiger partial charge is 0.491 e. The fourth-order valence-electron chi connectivity index (χ4n) is 2.10. The first-order chi connectivity index (χ1) is 9.78. The molecule has 0 radical (unpaired) electrons. The molecule has 20 heavy (non-hydrogen) atoms. The van der Waals surface area contributed by atoms with Crippen molar-refractivity contribution in [3.8, 4) is 5.75 Å². The molecule has 1 aliphatic heterocycles. The van der Waals surface area contributed by atoms with Crippen molar-refractivity contribution in [3.05, 3.63) is 45.9 Å². The van der Waals surface area contributed by atoms with Gasteiger partial charge in [-0.05, 0) is 12.1 Å². The molecule has 0 fully saturated rings. The number of ether oxygens (including phenoxy) is 1. The number of carbonyl (C=O) groups is 1. The van der Waals surface area contributed by atoms with Crippen LogP contribution in [-0.4, -0.2) is 28.9 Å². The van der Waals surface area contributed by atoms with Gasteiger partial charge < -0.3 is 9.64 Å². The van der Waals surface area contributed by atoms with E-state index in [1.165, 1.54) is 11.3 Å². The second-order valence-corrected chi connectivity index (χ2v) is 5.65. The number of amides is 1. The fourth-order valence-corrected chi connectivity index (χ4v) is 3.14. The van der Waals surface area contributed by atoms with E-state index in [1.54, 1.807) is 11.0 Å². The van der Waals surface area contributed by atoms with Gasteiger partial charge in [-0.1, -0.05) is 12.1 Å². The van der Waals surface area contributed by atoms with Gasteiger partial charge in [0.05, 0.1) is 30.2 Å². The van der Waals surface area contributed by atoms with E-state index in [-0.39, 0.29) is 5.91 Å². The molecule has 0 N–H and O–H groups in total. The van der Waals surface area contributed by atoms with E-state index < -0.39 is 0 Å². The molecule has 2 aromatic rings. The highest BCUT2D eigenvalue weighted by molar-refractivity contribution is 7.09. The first-order valence-electron chi connectivity index (χ1n) is 6.28. The Morgan fingerprint density at radius 1 is 1.40 bits per heavy atom. The van der Waals surface area contributed by atoms with Gasteiger partial charge in [0.2, 0.25) is 0 Å². The van der Waals surface area contributed by atoms with Gasteiger partial charge in [-0.15, -0.1) is 22.9 Å². The SMILES string of the molecule is O=C1c2ccccc2OCCN1Cc1nc(CCl)cs1. The number of aromatic nitrogens is 1. The van der Waals surface area contributed by atoms with Crippen molar-refractivity contribution in [1.29, 1.82) is 0 Å². The molecule has 6 heteroatoms. The Hall–Kier alpha value is -1.59. The number of halogens is 1. The minimum Gasteiger partial charge on any atom is -0.491 e. The monoisotopic (exact) mass is 308 g/mol. The fraction of sp³-hybridized carbons (Fsp3) is 0.286. The highest BCUT2D eigenvalue weighted by Gasteiger charge is 2.23. The van der Waals surface area contributed by atoms with E-state index in [4.69, 9.17) is 16.3 Å². The number of carbonyl (C=O) groups excluding carboxylic acids is 1. The number of para-hydroxylation sites is 1. The van der Waals surface area contributed by atoms with Crippen LogP contribution < -0.4 is 4.74 Å². The molecular formula is C14H13ClN2O2S. The van der Waals surface area contributed by atoms with Crippen molar-refractivity contribution < 1.29 is 9.53 Å². The van der Waals surface area contributed by atoms with Crippen LogP contribution in [0.4, 0.5) is 0 Å². The third-order valence-electron chi connectivity index (χ3n) is 3.09. The van der Waals surface area contributed by atoms with Gasteiger partial charge in [0, 0.05) is 5.38 Å². The molecule has 0 aliphatic carbocycles. The van der Waals surface area contributed by atoms with Crippen molar-refractivity contribution in [2.24, 2.45) is 0 Å².